The molecule has 0 aliphatic heterocycles. The van der Waals surface area contributed by atoms with E-state index in [1.54, 1.807) is 6.07 Å². The number of methoxy groups -OCH3 is 2. The lowest BCUT2D eigenvalue weighted by Gasteiger charge is -2.14. The molecule has 1 atom stereocenters. The van der Waals surface area contributed by atoms with E-state index in [1.807, 2.05) is 0 Å². The van der Waals surface area contributed by atoms with Crippen molar-refractivity contribution in [1.29, 1.82) is 0 Å². The molecule has 1 aromatic carbocycles. The molecule has 0 amide bonds. The third-order valence-electron chi connectivity index (χ3n) is 2.16. The van der Waals surface area contributed by atoms with Crippen LogP contribution in [-0.4, -0.2) is 25.9 Å². The second kappa shape index (κ2) is 4.86. The van der Waals surface area contributed by atoms with Gasteiger partial charge in [0.15, 0.2) is 11.5 Å². The fourth-order valence-corrected chi connectivity index (χ4v) is 1.32. The molecule has 1 aromatic rings. The van der Waals surface area contributed by atoms with E-state index in [1.165, 1.54) is 20.3 Å². The first kappa shape index (κ1) is 11.6. The van der Waals surface area contributed by atoms with Crippen molar-refractivity contribution in [2.24, 2.45) is 11.5 Å². The van der Waals surface area contributed by atoms with Gasteiger partial charge in [0.05, 0.1) is 14.2 Å². The molecule has 0 heterocycles. The van der Waals surface area contributed by atoms with E-state index in [9.17, 15) is 5.11 Å². The minimum absolute atomic E-state index is 0.00394. The number of hydrogen-bond donors (Lipinski definition) is 3. The first-order valence-corrected chi connectivity index (χ1v) is 4.54. The molecular weight excluding hydrogens is 196 g/mol. The van der Waals surface area contributed by atoms with Gasteiger partial charge in [0.25, 0.3) is 0 Å². The van der Waals surface area contributed by atoms with Gasteiger partial charge in [-0.25, -0.2) is 0 Å². The predicted octanol–water partition coefficient (Wildman–Crippen LogP) is 0.368. The Balaban J connectivity index is 3.19. The molecule has 0 bridgehead atoms. The van der Waals surface area contributed by atoms with Gasteiger partial charge in [-0.3, -0.25) is 0 Å². The third-order valence-corrected chi connectivity index (χ3v) is 2.16. The van der Waals surface area contributed by atoms with Gasteiger partial charge in [-0.2, -0.15) is 0 Å². The Hall–Kier alpha value is -1.46. The van der Waals surface area contributed by atoms with E-state index in [0.29, 0.717) is 23.6 Å². The number of phenols is 1. The van der Waals surface area contributed by atoms with Crippen LogP contribution >= 0.6 is 0 Å². The second-order valence-corrected chi connectivity index (χ2v) is 3.12. The van der Waals surface area contributed by atoms with Crippen LogP contribution in [0.4, 0.5) is 0 Å². The highest BCUT2D eigenvalue weighted by Crippen LogP contribution is 2.38. The number of phenolic OH excluding ortho intramolecular Hbond substituents is 1. The Morgan fingerprint density at radius 3 is 2.47 bits per heavy atom. The van der Waals surface area contributed by atoms with Crippen LogP contribution in [0, 0.1) is 0 Å². The van der Waals surface area contributed by atoms with E-state index < -0.39 is 0 Å². The van der Waals surface area contributed by atoms with Gasteiger partial charge in [-0.1, -0.05) is 0 Å². The molecule has 0 aromatic heterocycles. The van der Waals surface area contributed by atoms with Gasteiger partial charge in [0.1, 0.15) is 0 Å². The summed E-state index contributed by atoms with van der Waals surface area (Å²) >= 11 is 0. The first-order valence-electron chi connectivity index (χ1n) is 4.54. The van der Waals surface area contributed by atoms with Crippen molar-refractivity contribution in [3.63, 3.8) is 0 Å². The maximum Gasteiger partial charge on any atom is 0.203 e. The SMILES string of the molecule is COc1cc([C@@H](N)CN)cc(O)c1OC. The number of aromatic hydroxyl groups is 1. The smallest absolute Gasteiger partial charge is 0.203 e. The van der Waals surface area contributed by atoms with Crippen molar-refractivity contribution < 1.29 is 14.6 Å². The van der Waals surface area contributed by atoms with Crippen LogP contribution in [0.1, 0.15) is 11.6 Å². The van der Waals surface area contributed by atoms with E-state index in [2.05, 4.69) is 0 Å². The van der Waals surface area contributed by atoms with Gasteiger partial charge in [0.2, 0.25) is 5.75 Å². The van der Waals surface area contributed by atoms with Crippen LogP contribution in [0.3, 0.4) is 0 Å². The highest BCUT2D eigenvalue weighted by atomic mass is 16.5. The summed E-state index contributed by atoms with van der Waals surface area (Å²) in [6.45, 7) is 0.301. The maximum absolute atomic E-state index is 9.65. The fourth-order valence-electron chi connectivity index (χ4n) is 1.32. The summed E-state index contributed by atoms with van der Waals surface area (Å²) in [5, 5.41) is 9.65. The largest absolute Gasteiger partial charge is 0.504 e. The molecular formula is C10H16N2O3. The number of hydrogen-bond acceptors (Lipinski definition) is 5. The first-order chi connectivity index (χ1) is 7.13. The zero-order chi connectivity index (χ0) is 11.4. The average Bonchev–Trinajstić information content (AvgIpc) is 2.26. The lowest BCUT2D eigenvalue weighted by Crippen LogP contribution is -2.20. The molecule has 0 radical (unpaired) electrons. The third kappa shape index (κ3) is 2.31. The van der Waals surface area contributed by atoms with E-state index in [-0.39, 0.29) is 11.8 Å². The molecule has 0 aliphatic rings. The summed E-state index contributed by atoms with van der Waals surface area (Å²) < 4.78 is 10.1. The van der Waals surface area contributed by atoms with Crippen LogP contribution in [0.25, 0.3) is 0 Å². The fraction of sp³-hybridized carbons (Fsp3) is 0.400. The second-order valence-electron chi connectivity index (χ2n) is 3.12. The Morgan fingerprint density at radius 1 is 1.33 bits per heavy atom. The molecule has 5 heteroatoms. The Labute approximate surface area is 88.6 Å². The highest BCUT2D eigenvalue weighted by molar-refractivity contribution is 5.53. The Morgan fingerprint density at radius 2 is 2.00 bits per heavy atom. The van der Waals surface area contributed by atoms with Crippen LogP contribution < -0.4 is 20.9 Å². The predicted molar refractivity (Wildman–Crippen MR) is 57.2 cm³/mol. The topological polar surface area (TPSA) is 90.7 Å². The summed E-state index contributed by atoms with van der Waals surface area (Å²) in [6.07, 6.45) is 0. The Kier molecular flexibility index (Phi) is 3.76. The summed E-state index contributed by atoms with van der Waals surface area (Å²) in [5.41, 5.74) is 11.9. The molecule has 0 saturated carbocycles. The average molecular weight is 212 g/mol. The van der Waals surface area contributed by atoms with Gasteiger partial charge in [-0.05, 0) is 17.7 Å². The number of benzene rings is 1. The molecule has 0 unspecified atom stereocenters. The van der Waals surface area contributed by atoms with Crippen molar-refractivity contribution >= 4 is 0 Å². The van der Waals surface area contributed by atoms with Crippen molar-refractivity contribution in [2.75, 3.05) is 20.8 Å². The van der Waals surface area contributed by atoms with E-state index in [0.717, 1.165) is 0 Å². The molecule has 15 heavy (non-hydrogen) atoms. The van der Waals surface area contributed by atoms with Gasteiger partial charge in [0, 0.05) is 12.6 Å². The molecule has 0 saturated heterocycles. The summed E-state index contributed by atoms with van der Waals surface area (Å²) in [7, 11) is 2.95. The van der Waals surface area contributed by atoms with Crippen molar-refractivity contribution in [2.45, 2.75) is 6.04 Å². The zero-order valence-electron chi connectivity index (χ0n) is 8.86. The zero-order valence-corrected chi connectivity index (χ0v) is 8.86. The summed E-state index contributed by atoms with van der Waals surface area (Å²) in [4.78, 5) is 0. The van der Waals surface area contributed by atoms with Gasteiger partial charge >= 0.3 is 0 Å². The van der Waals surface area contributed by atoms with Crippen LogP contribution in [0.5, 0.6) is 17.2 Å². The highest BCUT2D eigenvalue weighted by Gasteiger charge is 2.14. The molecule has 5 nitrogen and oxygen atoms in total. The van der Waals surface area contributed by atoms with Gasteiger partial charge in [-0.15, -0.1) is 0 Å². The molecule has 5 N–H and O–H groups in total. The minimum Gasteiger partial charge on any atom is -0.504 e. The normalized spacial score (nSPS) is 12.3. The number of ether oxygens (including phenoxy) is 2. The lowest BCUT2D eigenvalue weighted by molar-refractivity contribution is 0.332. The standard InChI is InChI=1S/C10H16N2O3/c1-14-9-4-6(7(12)5-11)3-8(13)10(9)15-2/h3-4,7,13H,5,11-12H2,1-2H3/t7-/m0/s1. The van der Waals surface area contributed by atoms with E-state index in [4.69, 9.17) is 20.9 Å². The molecule has 0 spiro atoms. The van der Waals surface area contributed by atoms with E-state index >= 15 is 0 Å². The van der Waals surface area contributed by atoms with Gasteiger partial charge < -0.3 is 26.0 Å². The maximum atomic E-state index is 9.65. The minimum atomic E-state index is -0.323. The Bertz CT molecular complexity index is 342. The molecule has 1 rings (SSSR count). The van der Waals surface area contributed by atoms with Crippen LogP contribution in [-0.2, 0) is 0 Å². The number of nitrogens with two attached hydrogens (primary N) is 2. The number of rotatable bonds is 4. The van der Waals surface area contributed by atoms with Crippen molar-refractivity contribution in [3.8, 4) is 17.2 Å². The van der Waals surface area contributed by atoms with Crippen LogP contribution in [0.15, 0.2) is 12.1 Å². The molecule has 84 valence electrons. The summed E-state index contributed by atoms with van der Waals surface area (Å²) in [5.74, 6) is 0.734. The quantitative estimate of drug-likeness (QED) is 0.670. The monoisotopic (exact) mass is 212 g/mol. The summed E-state index contributed by atoms with van der Waals surface area (Å²) in [6, 6.07) is 2.91. The molecule has 0 fully saturated rings. The van der Waals surface area contributed by atoms with Crippen LogP contribution in [0.2, 0.25) is 0 Å². The lowest BCUT2D eigenvalue weighted by atomic mass is 10.1. The molecule has 0 aliphatic carbocycles. The van der Waals surface area contributed by atoms with Crippen molar-refractivity contribution in [1.82, 2.24) is 0 Å². The van der Waals surface area contributed by atoms with Crippen molar-refractivity contribution in [3.05, 3.63) is 17.7 Å².